The number of nitrogens with one attached hydrogen (secondary N) is 2. The zero-order valence-corrected chi connectivity index (χ0v) is 13.1. The van der Waals surface area contributed by atoms with Gasteiger partial charge in [-0.3, -0.25) is 10.1 Å². The van der Waals surface area contributed by atoms with E-state index in [0.29, 0.717) is 5.75 Å². The molecule has 0 aliphatic rings. The first-order valence-corrected chi connectivity index (χ1v) is 7.22. The lowest BCUT2D eigenvalue weighted by Gasteiger charge is -2.15. The number of para-hydroxylation sites is 2. The molecule has 0 atom stereocenters. The van der Waals surface area contributed by atoms with Crippen molar-refractivity contribution in [1.29, 1.82) is 0 Å². The van der Waals surface area contributed by atoms with Gasteiger partial charge in [-0.1, -0.05) is 30.3 Å². The molecule has 0 aromatic heterocycles. The Morgan fingerprint density at radius 1 is 1.04 bits per heavy atom. The van der Waals surface area contributed by atoms with Gasteiger partial charge in [0.15, 0.2) is 11.7 Å². The standard InChI is InChI=1S/C16H13F3N2O2S/c17-16(18,19)12-8-4-5-9-13(12)20-15(24)21-14(22)10-23-11-6-2-1-3-7-11/h1-9H,10H2,(H2,20,21,22,24). The van der Waals surface area contributed by atoms with Crippen molar-refractivity contribution in [3.05, 3.63) is 60.2 Å². The van der Waals surface area contributed by atoms with Gasteiger partial charge in [0.2, 0.25) is 0 Å². The van der Waals surface area contributed by atoms with E-state index in [2.05, 4.69) is 10.6 Å². The number of carbonyl (C=O) groups is 1. The summed E-state index contributed by atoms with van der Waals surface area (Å²) in [6.45, 7) is -0.313. The van der Waals surface area contributed by atoms with E-state index < -0.39 is 17.6 Å². The molecule has 2 aromatic rings. The lowest BCUT2D eigenvalue weighted by atomic mass is 10.2. The first kappa shape index (κ1) is 17.7. The highest BCUT2D eigenvalue weighted by Crippen LogP contribution is 2.34. The summed E-state index contributed by atoms with van der Waals surface area (Å²) in [5.41, 5.74) is -1.11. The second kappa shape index (κ2) is 7.78. The number of anilines is 1. The summed E-state index contributed by atoms with van der Waals surface area (Å²) in [4.78, 5) is 11.7. The van der Waals surface area contributed by atoms with Gasteiger partial charge in [0.05, 0.1) is 11.3 Å². The maximum atomic E-state index is 12.9. The largest absolute Gasteiger partial charge is 0.484 e. The van der Waals surface area contributed by atoms with E-state index in [-0.39, 0.29) is 17.4 Å². The van der Waals surface area contributed by atoms with Gasteiger partial charge < -0.3 is 10.1 Å². The van der Waals surface area contributed by atoms with Gasteiger partial charge in [-0.15, -0.1) is 0 Å². The van der Waals surface area contributed by atoms with E-state index in [9.17, 15) is 18.0 Å². The Hall–Kier alpha value is -2.61. The van der Waals surface area contributed by atoms with E-state index in [0.717, 1.165) is 6.07 Å². The first-order valence-electron chi connectivity index (χ1n) is 6.81. The zero-order valence-electron chi connectivity index (χ0n) is 12.3. The molecule has 0 radical (unpaired) electrons. The molecule has 126 valence electrons. The van der Waals surface area contributed by atoms with E-state index in [1.54, 1.807) is 30.3 Å². The van der Waals surface area contributed by atoms with E-state index in [1.807, 2.05) is 0 Å². The van der Waals surface area contributed by atoms with Crippen LogP contribution in [0, 0.1) is 0 Å². The molecule has 2 N–H and O–H groups in total. The van der Waals surface area contributed by atoms with Crippen molar-refractivity contribution < 1.29 is 22.7 Å². The van der Waals surface area contributed by atoms with Crippen LogP contribution in [0.15, 0.2) is 54.6 Å². The normalized spacial score (nSPS) is 10.8. The lowest BCUT2D eigenvalue weighted by molar-refractivity contribution is -0.136. The number of hydrogen-bond donors (Lipinski definition) is 2. The number of thiocarbonyl (C=S) groups is 1. The number of hydrogen-bond acceptors (Lipinski definition) is 3. The van der Waals surface area contributed by atoms with Crippen molar-refractivity contribution in [2.24, 2.45) is 0 Å². The van der Waals surface area contributed by atoms with Crippen LogP contribution in [-0.4, -0.2) is 17.6 Å². The quantitative estimate of drug-likeness (QED) is 0.824. The number of halogens is 3. The number of alkyl halides is 3. The van der Waals surface area contributed by atoms with Crippen molar-refractivity contribution in [2.45, 2.75) is 6.18 Å². The second-order valence-electron chi connectivity index (χ2n) is 4.65. The first-order chi connectivity index (χ1) is 11.4. The van der Waals surface area contributed by atoms with Crippen LogP contribution in [-0.2, 0) is 11.0 Å². The lowest BCUT2D eigenvalue weighted by Crippen LogP contribution is -2.37. The Labute approximate surface area is 141 Å². The number of benzene rings is 2. The molecule has 24 heavy (non-hydrogen) atoms. The van der Waals surface area contributed by atoms with Gasteiger partial charge >= 0.3 is 6.18 Å². The number of rotatable bonds is 4. The Bertz CT molecular complexity index is 721. The summed E-state index contributed by atoms with van der Waals surface area (Å²) < 4.78 is 43.9. The molecule has 0 bridgehead atoms. The monoisotopic (exact) mass is 354 g/mol. The van der Waals surface area contributed by atoms with Gasteiger partial charge in [0.25, 0.3) is 5.91 Å². The minimum atomic E-state index is -4.53. The van der Waals surface area contributed by atoms with Crippen molar-refractivity contribution in [3.63, 3.8) is 0 Å². The number of ether oxygens (including phenoxy) is 1. The van der Waals surface area contributed by atoms with E-state index in [4.69, 9.17) is 17.0 Å². The Kier molecular flexibility index (Phi) is 5.75. The Morgan fingerprint density at radius 3 is 2.33 bits per heavy atom. The summed E-state index contributed by atoms with van der Waals surface area (Å²) >= 11 is 4.86. The fraction of sp³-hybridized carbons (Fsp3) is 0.125. The third-order valence-corrected chi connectivity index (χ3v) is 3.05. The van der Waals surface area contributed by atoms with Crippen LogP contribution in [0.2, 0.25) is 0 Å². The average molecular weight is 354 g/mol. The van der Waals surface area contributed by atoms with Crippen LogP contribution in [0.25, 0.3) is 0 Å². The molecule has 4 nitrogen and oxygen atoms in total. The third-order valence-electron chi connectivity index (χ3n) is 2.85. The van der Waals surface area contributed by atoms with Crippen LogP contribution in [0.1, 0.15) is 5.56 Å². The third kappa shape index (κ3) is 5.24. The van der Waals surface area contributed by atoms with Gasteiger partial charge in [-0.05, 0) is 36.5 Å². The van der Waals surface area contributed by atoms with Crippen molar-refractivity contribution >= 4 is 28.9 Å². The summed E-state index contributed by atoms with van der Waals surface area (Å²) in [5.74, 6) is -0.0882. The smallest absolute Gasteiger partial charge is 0.418 e. The molecule has 8 heteroatoms. The van der Waals surface area contributed by atoms with E-state index in [1.165, 1.54) is 18.2 Å². The Morgan fingerprint density at radius 2 is 1.67 bits per heavy atom. The Balaban J connectivity index is 1.90. The second-order valence-corrected chi connectivity index (χ2v) is 5.06. The van der Waals surface area contributed by atoms with Gasteiger partial charge in [-0.2, -0.15) is 13.2 Å². The zero-order chi connectivity index (χ0) is 17.6. The van der Waals surface area contributed by atoms with Crippen molar-refractivity contribution in [2.75, 3.05) is 11.9 Å². The highest BCUT2D eigenvalue weighted by molar-refractivity contribution is 7.80. The molecular weight excluding hydrogens is 341 g/mol. The molecule has 0 aliphatic heterocycles. The fourth-order valence-electron chi connectivity index (χ4n) is 1.82. The minimum Gasteiger partial charge on any atom is -0.484 e. The molecule has 0 unspecified atom stereocenters. The van der Waals surface area contributed by atoms with E-state index >= 15 is 0 Å². The molecular formula is C16H13F3N2O2S. The molecule has 2 rings (SSSR count). The van der Waals surface area contributed by atoms with Crippen molar-refractivity contribution in [1.82, 2.24) is 5.32 Å². The molecule has 0 saturated carbocycles. The van der Waals surface area contributed by atoms with Crippen LogP contribution in [0.3, 0.4) is 0 Å². The molecule has 0 heterocycles. The summed E-state index contributed by atoms with van der Waals surface area (Å²) in [7, 11) is 0. The summed E-state index contributed by atoms with van der Waals surface area (Å²) in [6.07, 6.45) is -4.53. The van der Waals surface area contributed by atoms with Gasteiger partial charge in [0.1, 0.15) is 5.75 Å². The molecule has 0 fully saturated rings. The topological polar surface area (TPSA) is 50.4 Å². The SMILES string of the molecule is O=C(COc1ccccc1)NC(=S)Nc1ccccc1C(F)(F)F. The predicted octanol–water partition coefficient (Wildman–Crippen LogP) is 3.60. The van der Waals surface area contributed by atoms with Crippen LogP contribution < -0.4 is 15.4 Å². The average Bonchev–Trinajstić information content (AvgIpc) is 2.53. The maximum absolute atomic E-state index is 12.9. The van der Waals surface area contributed by atoms with Crippen LogP contribution >= 0.6 is 12.2 Å². The van der Waals surface area contributed by atoms with Crippen molar-refractivity contribution in [3.8, 4) is 5.75 Å². The molecule has 2 aromatic carbocycles. The predicted molar refractivity (Wildman–Crippen MR) is 87.7 cm³/mol. The summed E-state index contributed by atoms with van der Waals surface area (Å²) in [5, 5.41) is 4.39. The minimum absolute atomic E-state index is 0.237. The molecule has 0 aliphatic carbocycles. The van der Waals surface area contributed by atoms with Gasteiger partial charge in [0, 0.05) is 0 Å². The van der Waals surface area contributed by atoms with Gasteiger partial charge in [-0.25, -0.2) is 0 Å². The molecule has 0 saturated heterocycles. The highest BCUT2D eigenvalue weighted by Gasteiger charge is 2.33. The molecule has 1 amide bonds. The van der Waals surface area contributed by atoms with Crippen LogP contribution in [0.5, 0.6) is 5.75 Å². The summed E-state index contributed by atoms with van der Waals surface area (Å²) in [6, 6.07) is 13.5. The van der Waals surface area contributed by atoms with Crippen LogP contribution in [0.4, 0.5) is 18.9 Å². The fourth-order valence-corrected chi connectivity index (χ4v) is 2.04. The molecule has 0 spiro atoms. The highest BCUT2D eigenvalue weighted by atomic mass is 32.1. The maximum Gasteiger partial charge on any atom is 0.418 e. The number of amides is 1. The number of carbonyl (C=O) groups excluding carboxylic acids is 1.